The number of aliphatic hydroxyl groups is 1. The van der Waals surface area contributed by atoms with E-state index in [-0.39, 0.29) is 12.5 Å². The van der Waals surface area contributed by atoms with Crippen LogP contribution in [0.2, 0.25) is 0 Å². The third kappa shape index (κ3) is 5.34. The number of nitrogens with zero attached hydrogens (tertiary/aromatic N) is 3. The average Bonchev–Trinajstić information content (AvgIpc) is 3.14. The van der Waals surface area contributed by atoms with Crippen LogP contribution in [0, 0.1) is 0 Å². The number of halogens is 3. The van der Waals surface area contributed by atoms with Crippen LogP contribution in [0.3, 0.4) is 0 Å². The van der Waals surface area contributed by atoms with Crippen molar-refractivity contribution in [2.45, 2.75) is 18.2 Å². The standard InChI is InChI=1S/C21H22F3N5O2/c1-29-13-12-26-18(29)20(30,21(22,23)24)10-11-27-19(25)28-15-6-5-9-17(14-15)31-16-7-3-2-4-8-16/h2-9,12-14,30H,10-11H2,1H3,(H3,25,27,28). The second-order valence-corrected chi connectivity index (χ2v) is 6.80. The van der Waals surface area contributed by atoms with Gasteiger partial charge in [0.15, 0.2) is 5.96 Å². The van der Waals surface area contributed by atoms with Crippen LogP contribution in [0.5, 0.6) is 11.5 Å². The minimum absolute atomic E-state index is 0.0961. The number of hydrogen-bond acceptors (Lipinski definition) is 4. The van der Waals surface area contributed by atoms with E-state index in [1.54, 1.807) is 36.4 Å². The van der Waals surface area contributed by atoms with Gasteiger partial charge in [0.2, 0.25) is 5.60 Å². The number of ether oxygens (including phenoxy) is 1. The lowest BCUT2D eigenvalue weighted by atomic mass is 9.98. The number of nitrogens with two attached hydrogens (primary N) is 1. The summed E-state index contributed by atoms with van der Waals surface area (Å²) >= 11 is 0. The molecule has 0 aliphatic carbocycles. The van der Waals surface area contributed by atoms with Crippen molar-refractivity contribution in [1.82, 2.24) is 9.55 Å². The summed E-state index contributed by atoms with van der Waals surface area (Å²) in [7, 11) is 1.38. The second kappa shape index (κ2) is 9.09. The molecule has 0 amide bonds. The lowest BCUT2D eigenvalue weighted by Gasteiger charge is -2.29. The third-order valence-corrected chi connectivity index (χ3v) is 4.50. The first-order valence-electron chi connectivity index (χ1n) is 9.36. The Kier molecular flexibility index (Phi) is 6.50. The van der Waals surface area contributed by atoms with Crippen molar-refractivity contribution in [3.63, 3.8) is 0 Å². The number of rotatable bonds is 7. The molecule has 2 aromatic carbocycles. The van der Waals surface area contributed by atoms with E-state index in [1.165, 1.54) is 19.4 Å². The molecule has 10 heteroatoms. The maximum absolute atomic E-state index is 13.5. The van der Waals surface area contributed by atoms with Gasteiger partial charge in [-0.1, -0.05) is 24.3 Å². The summed E-state index contributed by atoms with van der Waals surface area (Å²) in [5.41, 5.74) is 3.22. The van der Waals surface area contributed by atoms with E-state index in [0.29, 0.717) is 17.2 Å². The highest BCUT2D eigenvalue weighted by atomic mass is 19.4. The van der Waals surface area contributed by atoms with Crippen molar-refractivity contribution in [3.05, 3.63) is 72.8 Å². The minimum atomic E-state index is -4.92. The minimum Gasteiger partial charge on any atom is -0.457 e. The van der Waals surface area contributed by atoms with Gasteiger partial charge >= 0.3 is 6.18 Å². The summed E-state index contributed by atoms with van der Waals surface area (Å²) < 4.78 is 47.4. The van der Waals surface area contributed by atoms with Crippen LogP contribution in [0.25, 0.3) is 0 Å². The zero-order chi connectivity index (χ0) is 22.5. The number of imidazole rings is 1. The van der Waals surface area contributed by atoms with Crippen LogP contribution in [0.4, 0.5) is 18.9 Å². The molecule has 3 aromatic rings. The van der Waals surface area contributed by atoms with Gasteiger partial charge in [-0.3, -0.25) is 4.99 Å². The van der Waals surface area contributed by atoms with E-state index in [2.05, 4.69) is 15.3 Å². The van der Waals surface area contributed by atoms with Crippen LogP contribution in [-0.2, 0) is 12.6 Å². The van der Waals surface area contributed by atoms with Gasteiger partial charge in [0.1, 0.15) is 17.3 Å². The maximum atomic E-state index is 13.5. The highest BCUT2D eigenvalue weighted by Crippen LogP contribution is 2.40. The van der Waals surface area contributed by atoms with Crippen LogP contribution in [0.1, 0.15) is 12.2 Å². The van der Waals surface area contributed by atoms with E-state index >= 15 is 0 Å². The van der Waals surface area contributed by atoms with Crippen molar-refractivity contribution < 1.29 is 23.0 Å². The van der Waals surface area contributed by atoms with Gasteiger partial charge in [0.25, 0.3) is 0 Å². The average molecular weight is 433 g/mol. The van der Waals surface area contributed by atoms with Crippen molar-refractivity contribution >= 4 is 11.6 Å². The molecule has 1 unspecified atom stereocenters. The van der Waals surface area contributed by atoms with Gasteiger partial charge < -0.3 is 25.5 Å². The van der Waals surface area contributed by atoms with Gasteiger partial charge in [-0.05, 0) is 24.3 Å². The molecular weight excluding hydrogens is 411 g/mol. The summed E-state index contributed by atoms with van der Waals surface area (Å²) in [6, 6.07) is 16.0. The van der Waals surface area contributed by atoms with Crippen LogP contribution in [0.15, 0.2) is 72.0 Å². The quantitative estimate of drug-likeness (QED) is 0.389. The molecule has 0 saturated carbocycles. The smallest absolute Gasteiger partial charge is 0.424 e. The number of anilines is 1. The van der Waals surface area contributed by atoms with Crippen molar-refractivity contribution in [2.75, 3.05) is 11.9 Å². The molecule has 0 radical (unpaired) electrons. The summed E-state index contributed by atoms with van der Waals surface area (Å²) in [5.74, 6) is 0.598. The fourth-order valence-electron chi connectivity index (χ4n) is 2.93. The zero-order valence-electron chi connectivity index (χ0n) is 16.7. The SMILES string of the molecule is Cn1ccnc1C(O)(CCN=C(N)Nc1cccc(Oc2ccccc2)c1)C(F)(F)F. The number of aromatic nitrogens is 2. The fourth-order valence-corrected chi connectivity index (χ4v) is 2.93. The molecule has 0 bridgehead atoms. The number of hydrogen-bond donors (Lipinski definition) is 3. The van der Waals surface area contributed by atoms with Gasteiger partial charge in [-0.2, -0.15) is 13.2 Å². The molecule has 1 atom stereocenters. The van der Waals surface area contributed by atoms with Gasteiger partial charge in [-0.25, -0.2) is 4.98 Å². The number of nitrogens with one attached hydrogen (secondary N) is 1. The molecule has 7 nitrogen and oxygen atoms in total. The van der Waals surface area contributed by atoms with Gasteiger partial charge in [-0.15, -0.1) is 0 Å². The highest BCUT2D eigenvalue weighted by molar-refractivity contribution is 5.92. The number of alkyl halides is 3. The predicted octanol–water partition coefficient (Wildman–Crippen LogP) is 3.78. The molecule has 1 heterocycles. The Morgan fingerprint density at radius 2 is 1.87 bits per heavy atom. The van der Waals surface area contributed by atoms with Gasteiger partial charge in [0, 0.05) is 44.2 Å². The number of guanidine groups is 1. The molecule has 0 saturated heterocycles. The monoisotopic (exact) mass is 433 g/mol. The molecule has 0 fully saturated rings. The van der Waals surface area contributed by atoms with E-state index in [0.717, 1.165) is 4.57 Å². The summed E-state index contributed by atoms with van der Waals surface area (Å²) in [6.45, 7) is -0.373. The van der Waals surface area contributed by atoms with E-state index in [4.69, 9.17) is 10.5 Å². The van der Waals surface area contributed by atoms with E-state index in [1.807, 2.05) is 18.2 Å². The van der Waals surface area contributed by atoms with Crippen molar-refractivity contribution in [3.8, 4) is 11.5 Å². The third-order valence-electron chi connectivity index (χ3n) is 4.50. The molecule has 1 aromatic heterocycles. The maximum Gasteiger partial charge on any atom is 0.424 e. The summed E-state index contributed by atoms with van der Waals surface area (Å²) in [4.78, 5) is 7.56. The van der Waals surface area contributed by atoms with Crippen molar-refractivity contribution in [2.24, 2.45) is 17.8 Å². The zero-order valence-corrected chi connectivity index (χ0v) is 16.7. The first kappa shape index (κ1) is 22.2. The Morgan fingerprint density at radius 1 is 1.16 bits per heavy atom. The Bertz CT molecular complexity index is 1040. The first-order valence-corrected chi connectivity index (χ1v) is 9.36. The molecule has 0 aliphatic rings. The molecule has 31 heavy (non-hydrogen) atoms. The molecular formula is C21H22F3N5O2. The summed E-state index contributed by atoms with van der Waals surface area (Å²) in [6.07, 6.45) is -3.14. The summed E-state index contributed by atoms with van der Waals surface area (Å²) in [5, 5.41) is 13.1. The fraction of sp³-hybridized carbons (Fsp3) is 0.238. The Balaban J connectivity index is 1.65. The van der Waals surface area contributed by atoms with Gasteiger partial charge in [0.05, 0.1) is 0 Å². The Morgan fingerprint density at radius 3 is 2.52 bits per heavy atom. The Labute approximate surface area is 177 Å². The topological polar surface area (TPSA) is 97.7 Å². The lowest BCUT2D eigenvalue weighted by Crippen LogP contribution is -2.45. The lowest BCUT2D eigenvalue weighted by molar-refractivity contribution is -0.272. The van der Waals surface area contributed by atoms with Crippen molar-refractivity contribution in [1.29, 1.82) is 0 Å². The first-order chi connectivity index (χ1) is 14.7. The normalized spacial score (nSPS) is 14.2. The molecule has 0 aliphatic heterocycles. The van der Waals surface area contributed by atoms with E-state index < -0.39 is 24.0 Å². The second-order valence-electron chi connectivity index (χ2n) is 6.80. The molecule has 0 spiro atoms. The number of aryl methyl sites for hydroxylation is 1. The Hall–Kier alpha value is -3.53. The van der Waals surface area contributed by atoms with Crippen LogP contribution in [-0.4, -0.2) is 33.3 Å². The molecule has 3 rings (SSSR count). The molecule has 4 N–H and O–H groups in total. The molecule has 164 valence electrons. The van der Waals surface area contributed by atoms with E-state index in [9.17, 15) is 18.3 Å². The number of aliphatic imine (C=N–C) groups is 1. The number of benzene rings is 2. The van der Waals surface area contributed by atoms with Crippen LogP contribution >= 0.6 is 0 Å². The number of para-hydroxylation sites is 1. The van der Waals surface area contributed by atoms with Crippen LogP contribution < -0.4 is 15.8 Å². The predicted molar refractivity (Wildman–Crippen MR) is 111 cm³/mol. The highest BCUT2D eigenvalue weighted by Gasteiger charge is 2.57. The largest absolute Gasteiger partial charge is 0.457 e.